The van der Waals surface area contributed by atoms with Crippen LogP contribution in [0.5, 0.6) is 17.2 Å². The molecule has 1 unspecified atom stereocenters. The number of fused-ring (bicyclic) bond motifs is 5. The minimum Gasteiger partial charge on any atom is -0.491 e. The third kappa shape index (κ3) is 2.92. The number of rotatable bonds is 5. The third-order valence-corrected chi connectivity index (χ3v) is 7.24. The molecule has 1 amide bonds. The van der Waals surface area contributed by atoms with Gasteiger partial charge in [0.2, 0.25) is 12.7 Å². The number of nitrogens with zero attached hydrogens (tertiary/aromatic N) is 1. The lowest BCUT2D eigenvalue weighted by Gasteiger charge is -2.25. The zero-order chi connectivity index (χ0) is 20.8. The molecule has 3 aliphatic heterocycles. The van der Waals surface area contributed by atoms with Gasteiger partial charge in [-0.3, -0.25) is 4.79 Å². The first-order valence-corrected chi connectivity index (χ1v) is 11.5. The van der Waals surface area contributed by atoms with E-state index in [1.54, 1.807) is 0 Å². The van der Waals surface area contributed by atoms with Crippen LogP contribution in [0, 0.1) is 0 Å². The van der Waals surface area contributed by atoms with Crippen molar-refractivity contribution < 1.29 is 19.0 Å². The fourth-order valence-corrected chi connectivity index (χ4v) is 5.64. The van der Waals surface area contributed by atoms with Gasteiger partial charge in [-0.15, -0.1) is 0 Å². The minimum absolute atomic E-state index is 0.101. The van der Waals surface area contributed by atoms with Crippen LogP contribution >= 0.6 is 0 Å². The minimum atomic E-state index is -0.802. The summed E-state index contributed by atoms with van der Waals surface area (Å²) in [5.41, 5.74) is 2.11. The topological polar surface area (TPSA) is 60.0 Å². The van der Waals surface area contributed by atoms with Crippen molar-refractivity contribution in [1.82, 2.24) is 5.32 Å². The van der Waals surface area contributed by atoms with Crippen molar-refractivity contribution in [2.45, 2.75) is 50.0 Å². The van der Waals surface area contributed by atoms with E-state index < -0.39 is 5.41 Å². The van der Waals surface area contributed by atoms with Crippen LogP contribution in [0.2, 0.25) is 0 Å². The molecule has 6 nitrogen and oxygen atoms in total. The number of nitrogens with one attached hydrogen (secondary N) is 1. The second kappa shape index (κ2) is 7.45. The second-order valence-corrected chi connectivity index (χ2v) is 9.01. The predicted octanol–water partition coefficient (Wildman–Crippen LogP) is 3.75. The highest BCUT2D eigenvalue weighted by atomic mass is 16.7. The van der Waals surface area contributed by atoms with E-state index in [1.165, 1.54) is 32.1 Å². The van der Waals surface area contributed by atoms with Crippen LogP contribution in [0.25, 0.3) is 0 Å². The highest BCUT2D eigenvalue weighted by Gasteiger charge is 2.57. The second-order valence-electron chi connectivity index (χ2n) is 9.01. The van der Waals surface area contributed by atoms with E-state index in [2.05, 4.69) is 17.4 Å². The highest BCUT2D eigenvalue weighted by molar-refractivity contribution is 6.11. The fourth-order valence-electron chi connectivity index (χ4n) is 5.64. The van der Waals surface area contributed by atoms with Crippen LogP contribution in [0.1, 0.15) is 49.7 Å². The van der Waals surface area contributed by atoms with Crippen molar-refractivity contribution in [1.29, 1.82) is 0 Å². The van der Waals surface area contributed by atoms with Gasteiger partial charge in [-0.1, -0.05) is 37.5 Å². The van der Waals surface area contributed by atoms with Crippen molar-refractivity contribution in [2.75, 3.05) is 31.4 Å². The molecule has 1 atom stereocenters. The zero-order valence-electron chi connectivity index (χ0n) is 17.7. The van der Waals surface area contributed by atoms with Crippen LogP contribution in [0.4, 0.5) is 5.69 Å². The maximum atomic E-state index is 13.9. The average Bonchev–Trinajstić information content (AvgIpc) is 3.48. The third-order valence-electron chi connectivity index (χ3n) is 7.24. The Morgan fingerprint density at radius 2 is 1.77 bits per heavy atom. The quantitative estimate of drug-likeness (QED) is 0.747. The first-order chi connectivity index (χ1) is 15.3. The summed E-state index contributed by atoms with van der Waals surface area (Å²) in [5.74, 6) is 2.18. The molecule has 1 fully saturated rings. The Kier molecular flexibility index (Phi) is 4.56. The van der Waals surface area contributed by atoms with E-state index in [-0.39, 0.29) is 12.7 Å². The fraction of sp³-hybridized carbons (Fsp3) is 0.480. The number of carbonyl (C=O) groups excluding carboxylic acids is 1. The molecule has 1 aliphatic carbocycles. The smallest absolute Gasteiger partial charge is 0.245 e. The summed E-state index contributed by atoms with van der Waals surface area (Å²) in [4.78, 5) is 15.9. The molecule has 0 radical (unpaired) electrons. The van der Waals surface area contributed by atoms with Gasteiger partial charge in [0, 0.05) is 29.9 Å². The van der Waals surface area contributed by atoms with Crippen LogP contribution < -0.4 is 24.4 Å². The maximum Gasteiger partial charge on any atom is 0.245 e. The zero-order valence-corrected chi connectivity index (χ0v) is 17.7. The van der Waals surface area contributed by atoms with Gasteiger partial charge in [-0.25, -0.2) is 0 Å². The summed E-state index contributed by atoms with van der Waals surface area (Å²) in [6.45, 7) is 2.17. The Balaban J connectivity index is 1.26. The lowest BCUT2D eigenvalue weighted by Crippen LogP contribution is -2.43. The number of amides is 1. The van der Waals surface area contributed by atoms with E-state index >= 15 is 0 Å². The summed E-state index contributed by atoms with van der Waals surface area (Å²) >= 11 is 0. The van der Waals surface area contributed by atoms with Crippen molar-refractivity contribution in [3.63, 3.8) is 0 Å². The highest BCUT2D eigenvalue weighted by Crippen LogP contribution is 2.54. The van der Waals surface area contributed by atoms with E-state index in [9.17, 15) is 4.79 Å². The molecule has 1 N–H and O–H groups in total. The summed E-state index contributed by atoms with van der Waals surface area (Å²) < 4.78 is 17.2. The van der Waals surface area contributed by atoms with Crippen molar-refractivity contribution in [2.24, 2.45) is 0 Å². The first-order valence-electron chi connectivity index (χ1n) is 11.5. The maximum absolute atomic E-state index is 13.9. The molecule has 4 aliphatic rings. The van der Waals surface area contributed by atoms with E-state index in [4.69, 9.17) is 14.2 Å². The van der Waals surface area contributed by atoms with Crippen molar-refractivity contribution >= 4 is 11.6 Å². The average molecular weight is 421 g/mol. The molecule has 6 heteroatoms. The molecule has 2 aromatic rings. The van der Waals surface area contributed by atoms with Crippen molar-refractivity contribution in [3.8, 4) is 17.2 Å². The van der Waals surface area contributed by atoms with Gasteiger partial charge in [0.1, 0.15) is 17.8 Å². The van der Waals surface area contributed by atoms with E-state index in [0.717, 1.165) is 29.8 Å². The largest absolute Gasteiger partial charge is 0.491 e. The lowest BCUT2D eigenvalue weighted by atomic mass is 9.77. The normalized spacial score (nSPS) is 23.9. The number of para-hydroxylation sites is 1. The molecular formula is C25H28N2O4. The lowest BCUT2D eigenvalue weighted by molar-refractivity contribution is -0.122. The predicted molar refractivity (Wildman–Crippen MR) is 117 cm³/mol. The van der Waals surface area contributed by atoms with Gasteiger partial charge in [0.05, 0.1) is 0 Å². The molecule has 162 valence electrons. The molecule has 0 saturated heterocycles. The molecular weight excluding hydrogens is 392 g/mol. The Morgan fingerprint density at radius 3 is 2.65 bits per heavy atom. The molecule has 0 aromatic heterocycles. The van der Waals surface area contributed by atoms with Crippen molar-refractivity contribution in [3.05, 3.63) is 47.5 Å². The van der Waals surface area contributed by atoms with Gasteiger partial charge in [-0.05, 0) is 43.5 Å². The Morgan fingerprint density at radius 1 is 0.968 bits per heavy atom. The van der Waals surface area contributed by atoms with E-state index in [0.29, 0.717) is 36.4 Å². The van der Waals surface area contributed by atoms with Gasteiger partial charge < -0.3 is 24.4 Å². The molecule has 0 bridgehead atoms. The molecule has 31 heavy (non-hydrogen) atoms. The van der Waals surface area contributed by atoms with E-state index in [1.807, 2.05) is 29.2 Å². The van der Waals surface area contributed by atoms with Gasteiger partial charge in [0.25, 0.3) is 0 Å². The summed E-state index contributed by atoms with van der Waals surface area (Å²) in [6.07, 6.45) is 7.51. The number of ether oxygens (including phenoxy) is 3. The van der Waals surface area contributed by atoms with Gasteiger partial charge >= 0.3 is 0 Å². The molecule has 1 saturated carbocycles. The Labute approximate surface area is 182 Å². The van der Waals surface area contributed by atoms with Crippen LogP contribution in [-0.2, 0) is 10.2 Å². The number of hydrogen-bond donors (Lipinski definition) is 1. The van der Waals surface area contributed by atoms with Gasteiger partial charge in [-0.2, -0.15) is 0 Å². The number of benzene rings is 2. The van der Waals surface area contributed by atoms with Crippen LogP contribution in [0.15, 0.2) is 36.4 Å². The summed E-state index contributed by atoms with van der Waals surface area (Å²) in [6, 6.07) is 12.6. The van der Waals surface area contributed by atoms with Crippen LogP contribution in [-0.4, -0.2) is 38.4 Å². The molecule has 6 rings (SSSR count). The van der Waals surface area contributed by atoms with Gasteiger partial charge in [0.15, 0.2) is 11.5 Å². The Bertz CT molecular complexity index is 1020. The molecule has 2 aromatic carbocycles. The summed E-state index contributed by atoms with van der Waals surface area (Å²) in [7, 11) is 0. The monoisotopic (exact) mass is 420 g/mol. The van der Waals surface area contributed by atoms with Crippen LogP contribution in [0.3, 0.4) is 0 Å². The molecule has 1 spiro atoms. The Hall–Kier alpha value is -2.73. The molecule has 3 heterocycles. The SMILES string of the molecule is O=C1N(CCCNC2CCCCC2)c2ccccc2C12COc1cc3c(cc12)OCO3. The number of anilines is 1. The number of carbonyl (C=O) groups is 1. The number of hydrogen-bond acceptors (Lipinski definition) is 5. The summed E-state index contributed by atoms with van der Waals surface area (Å²) in [5, 5.41) is 3.70. The first kappa shape index (κ1) is 19.0. The standard InChI is InChI=1S/C25H28N2O4/c28-24-25(15-29-21-14-23-22(13-19(21)25)30-16-31-23)18-9-4-5-10-20(18)27(24)12-6-11-26-17-7-2-1-3-8-17/h4-5,9-10,13-14,17,26H,1-3,6-8,11-12,15-16H2.